The highest BCUT2D eigenvalue weighted by Gasteiger charge is 2.23. The van der Waals surface area contributed by atoms with Crippen LogP contribution in [0.2, 0.25) is 0 Å². The molecule has 6 nitrogen and oxygen atoms in total. The molecule has 2 N–H and O–H groups in total. The first-order valence-corrected chi connectivity index (χ1v) is 8.85. The Balaban J connectivity index is 1.74. The third kappa shape index (κ3) is 4.13. The van der Waals surface area contributed by atoms with Gasteiger partial charge in [0.25, 0.3) is 5.56 Å². The molecule has 0 aromatic carbocycles. The summed E-state index contributed by atoms with van der Waals surface area (Å²) in [6.07, 6.45) is 6.24. The quantitative estimate of drug-likeness (QED) is 0.894. The summed E-state index contributed by atoms with van der Waals surface area (Å²) in [5.41, 5.74) is 1.31. The van der Waals surface area contributed by atoms with Crippen molar-refractivity contribution in [3.8, 4) is 11.5 Å². The lowest BCUT2D eigenvalue weighted by Gasteiger charge is -2.29. The van der Waals surface area contributed by atoms with Crippen molar-refractivity contribution >= 4 is 5.91 Å². The number of pyridine rings is 1. The largest absolute Gasteiger partial charge is 0.353 e. The number of aromatic nitrogens is 3. The molecule has 1 fully saturated rings. The molecule has 132 valence electrons. The van der Waals surface area contributed by atoms with Crippen LogP contribution in [0.15, 0.2) is 29.2 Å². The van der Waals surface area contributed by atoms with E-state index in [1.807, 2.05) is 6.07 Å². The first-order valence-electron chi connectivity index (χ1n) is 8.85. The lowest BCUT2D eigenvalue weighted by atomic mass is 9.86. The van der Waals surface area contributed by atoms with Gasteiger partial charge in [0, 0.05) is 23.5 Å². The van der Waals surface area contributed by atoms with Gasteiger partial charge < -0.3 is 10.3 Å². The number of nitrogens with zero attached hydrogens (tertiary/aromatic N) is 2. The Hall–Kier alpha value is -2.50. The van der Waals surface area contributed by atoms with E-state index in [0.29, 0.717) is 28.7 Å². The standard InChI is InChI=1S/C19H24N4O2/c1-12-7-3-4-8-15(12)22-17(24)11-14-13(2)21-18(23-19(14)25)16-9-5-6-10-20-16/h5-6,9-10,12,15H,3-4,7-8,11H2,1-2H3,(H,22,24)(H,21,23,25)/t12-,15-/m0/s1. The lowest BCUT2D eigenvalue weighted by molar-refractivity contribution is -0.121. The van der Waals surface area contributed by atoms with Crippen LogP contribution in [0.3, 0.4) is 0 Å². The third-order valence-electron chi connectivity index (χ3n) is 4.92. The van der Waals surface area contributed by atoms with Gasteiger partial charge in [-0.2, -0.15) is 0 Å². The van der Waals surface area contributed by atoms with Gasteiger partial charge in [0.05, 0.1) is 6.42 Å². The second kappa shape index (κ2) is 7.59. The number of amides is 1. The van der Waals surface area contributed by atoms with Gasteiger partial charge >= 0.3 is 0 Å². The average molecular weight is 340 g/mol. The topological polar surface area (TPSA) is 87.7 Å². The molecule has 2 heterocycles. The molecule has 2 aromatic heterocycles. The Kier molecular flexibility index (Phi) is 5.26. The molecule has 3 rings (SSSR count). The van der Waals surface area contributed by atoms with Crippen molar-refractivity contribution in [3.63, 3.8) is 0 Å². The summed E-state index contributed by atoms with van der Waals surface area (Å²) in [5.74, 6) is 0.801. The normalized spacial score (nSPS) is 20.2. The molecule has 1 saturated carbocycles. The molecule has 0 radical (unpaired) electrons. The van der Waals surface area contributed by atoms with Gasteiger partial charge in [0.1, 0.15) is 5.69 Å². The van der Waals surface area contributed by atoms with Crippen molar-refractivity contribution in [2.45, 2.75) is 52.0 Å². The summed E-state index contributed by atoms with van der Waals surface area (Å²) >= 11 is 0. The van der Waals surface area contributed by atoms with Crippen LogP contribution in [0.4, 0.5) is 0 Å². The van der Waals surface area contributed by atoms with E-state index in [2.05, 4.69) is 27.2 Å². The van der Waals surface area contributed by atoms with Crippen molar-refractivity contribution in [3.05, 3.63) is 46.0 Å². The smallest absolute Gasteiger partial charge is 0.255 e. The van der Waals surface area contributed by atoms with E-state index in [4.69, 9.17) is 0 Å². The number of rotatable bonds is 4. The summed E-state index contributed by atoms with van der Waals surface area (Å²) in [6, 6.07) is 5.64. The average Bonchev–Trinajstić information content (AvgIpc) is 2.61. The zero-order valence-corrected chi connectivity index (χ0v) is 14.7. The van der Waals surface area contributed by atoms with Gasteiger partial charge in [-0.25, -0.2) is 4.98 Å². The van der Waals surface area contributed by atoms with Gasteiger partial charge in [-0.3, -0.25) is 14.6 Å². The molecule has 1 aliphatic rings. The number of H-pyrrole nitrogens is 1. The van der Waals surface area contributed by atoms with E-state index in [1.165, 1.54) is 6.42 Å². The maximum atomic E-state index is 12.4. The fourth-order valence-electron chi connectivity index (χ4n) is 3.39. The predicted octanol–water partition coefficient (Wildman–Crippen LogP) is 2.38. The fourth-order valence-corrected chi connectivity index (χ4v) is 3.39. The number of carbonyl (C=O) groups excluding carboxylic acids is 1. The molecule has 0 bridgehead atoms. The van der Waals surface area contributed by atoms with Gasteiger partial charge in [0.2, 0.25) is 5.91 Å². The summed E-state index contributed by atoms with van der Waals surface area (Å²) in [7, 11) is 0. The monoisotopic (exact) mass is 340 g/mol. The van der Waals surface area contributed by atoms with Crippen LogP contribution in [0.1, 0.15) is 43.9 Å². The van der Waals surface area contributed by atoms with Gasteiger partial charge in [-0.1, -0.05) is 25.8 Å². The van der Waals surface area contributed by atoms with E-state index >= 15 is 0 Å². The van der Waals surface area contributed by atoms with Crippen molar-refractivity contribution in [2.24, 2.45) is 5.92 Å². The first-order chi connectivity index (χ1) is 12.0. The Morgan fingerprint density at radius 2 is 2.12 bits per heavy atom. The first kappa shape index (κ1) is 17.3. The summed E-state index contributed by atoms with van der Waals surface area (Å²) in [6.45, 7) is 3.93. The number of hydrogen-bond acceptors (Lipinski definition) is 4. The second-order valence-electron chi connectivity index (χ2n) is 6.81. The Morgan fingerprint density at radius 1 is 1.32 bits per heavy atom. The van der Waals surface area contributed by atoms with Crippen LogP contribution in [-0.4, -0.2) is 26.9 Å². The SMILES string of the molecule is Cc1nc(-c2ccccn2)[nH]c(=O)c1CC(=O)N[C@H]1CCCC[C@@H]1C. The summed E-state index contributed by atoms with van der Waals surface area (Å²) in [5, 5.41) is 3.09. The highest BCUT2D eigenvalue weighted by Crippen LogP contribution is 2.23. The number of hydrogen-bond donors (Lipinski definition) is 2. The van der Waals surface area contributed by atoms with Crippen molar-refractivity contribution in [2.75, 3.05) is 0 Å². The Morgan fingerprint density at radius 3 is 2.80 bits per heavy atom. The van der Waals surface area contributed by atoms with E-state index in [0.717, 1.165) is 19.3 Å². The molecule has 0 saturated heterocycles. The summed E-state index contributed by atoms with van der Waals surface area (Å²) in [4.78, 5) is 36.2. The summed E-state index contributed by atoms with van der Waals surface area (Å²) < 4.78 is 0. The minimum Gasteiger partial charge on any atom is -0.353 e. The van der Waals surface area contributed by atoms with Crippen molar-refractivity contribution < 1.29 is 4.79 Å². The second-order valence-corrected chi connectivity index (χ2v) is 6.81. The molecule has 2 atom stereocenters. The highest BCUT2D eigenvalue weighted by molar-refractivity contribution is 5.79. The molecule has 1 amide bonds. The number of nitrogens with one attached hydrogen (secondary N) is 2. The third-order valence-corrected chi connectivity index (χ3v) is 4.92. The minimum absolute atomic E-state index is 0.0554. The highest BCUT2D eigenvalue weighted by atomic mass is 16.2. The Labute approximate surface area is 147 Å². The zero-order valence-electron chi connectivity index (χ0n) is 14.7. The van der Waals surface area contributed by atoms with Crippen LogP contribution in [0, 0.1) is 12.8 Å². The molecule has 2 aromatic rings. The number of aryl methyl sites for hydroxylation is 1. The molecule has 0 aliphatic heterocycles. The molecule has 25 heavy (non-hydrogen) atoms. The van der Waals surface area contributed by atoms with E-state index in [1.54, 1.807) is 25.3 Å². The van der Waals surface area contributed by atoms with Gasteiger partial charge in [-0.15, -0.1) is 0 Å². The molecule has 6 heteroatoms. The maximum absolute atomic E-state index is 12.4. The molecular weight excluding hydrogens is 316 g/mol. The molecular formula is C19H24N4O2. The van der Waals surface area contributed by atoms with Crippen LogP contribution in [0.25, 0.3) is 11.5 Å². The lowest BCUT2D eigenvalue weighted by Crippen LogP contribution is -2.42. The minimum atomic E-state index is -0.278. The van der Waals surface area contributed by atoms with Crippen molar-refractivity contribution in [1.29, 1.82) is 0 Å². The van der Waals surface area contributed by atoms with Crippen LogP contribution in [-0.2, 0) is 11.2 Å². The molecule has 1 aliphatic carbocycles. The zero-order chi connectivity index (χ0) is 17.8. The Bertz CT molecular complexity index is 801. The predicted molar refractivity (Wildman–Crippen MR) is 96.1 cm³/mol. The van der Waals surface area contributed by atoms with Crippen LogP contribution < -0.4 is 10.9 Å². The van der Waals surface area contributed by atoms with E-state index in [-0.39, 0.29) is 23.9 Å². The van der Waals surface area contributed by atoms with Gasteiger partial charge in [-0.05, 0) is 37.8 Å². The van der Waals surface area contributed by atoms with E-state index < -0.39 is 0 Å². The molecule has 0 unspecified atom stereocenters. The fraction of sp³-hybridized carbons (Fsp3) is 0.474. The van der Waals surface area contributed by atoms with E-state index in [9.17, 15) is 9.59 Å². The molecule has 0 spiro atoms. The number of aromatic amines is 1. The van der Waals surface area contributed by atoms with Crippen LogP contribution in [0.5, 0.6) is 0 Å². The van der Waals surface area contributed by atoms with Crippen LogP contribution >= 0.6 is 0 Å². The number of carbonyl (C=O) groups is 1. The van der Waals surface area contributed by atoms with Gasteiger partial charge in [0.15, 0.2) is 5.82 Å². The maximum Gasteiger partial charge on any atom is 0.255 e. The van der Waals surface area contributed by atoms with Crippen molar-refractivity contribution in [1.82, 2.24) is 20.3 Å².